The second-order valence-electron chi connectivity index (χ2n) is 10.3. The molecule has 3 heterocycles. The third-order valence-electron chi connectivity index (χ3n) is 7.47. The van der Waals surface area contributed by atoms with E-state index in [-0.39, 0.29) is 26.5 Å². The maximum absolute atomic E-state index is 6.26. The quantitative estimate of drug-likeness (QED) is 0.164. The van der Waals surface area contributed by atoms with Crippen molar-refractivity contribution < 1.29 is 25.8 Å². The van der Waals surface area contributed by atoms with E-state index in [2.05, 4.69) is 108 Å². The molecule has 0 saturated heterocycles. The minimum atomic E-state index is -0.189. The molecule has 5 nitrogen and oxygen atoms in total. The fourth-order valence-corrected chi connectivity index (χ4v) is 5.28. The van der Waals surface area contributed by atoms with Gasteiger partial charge >= 0.3 is 21.1 Å². The Kier molecular flexibility index (Phi) is 7.06. The average molecular weight is 714 g/mol. The Morgan fingerprint density at radius 1 is 0.707 bits per heavy atom. The van der Waals surface area contributed by atoms with Crippen LogP contribution in [0, 0.1) is 12.1 Å². The fraction of sp³-hybridized carbons (Fsp3) is 0.0857. The van der Waals surface area contributed by atoms with Crippen LogP contribution in [0.4, 0.5) is 0 Å². The van der Waals surface area contributed by atoms with Gasteiger partial charge in [0.05, 0.1) is 0 Å². The Morgan fingerprint density at radius 3 is 2.34 bits per heavy atom. The van der Waals surface area contributed by atoms with Crippen LogP contribution in [0.3, 0.4) is 0 Å². The van der Waals surface area contributed by atoms with E-state index in [1.165, 1.54) is 11.1 Å². The van der Waals surface area contributed by atoms with Crippen molar-refractivity contribution in [3.63, 3.8) is 0 Å². The van der Waals surface area contributed by atoms with Crippen molar-refractivity contribution in [3.05, 3.63) is 145 Å². The molecule has 0 aliphatic rings. The summed E-state index contributed by atoms with van der Waals surface area (Å²) in [7, 11) is 0. The van der Waals surface area contributed by atoms with Gasteiger partial charge in [0.1, 0.15) is 5.82 Å². The molecule has 0 fully saturated rings. The molecule has 0 bridgehead atoms. The molecular formula is C35H26N4OPt. The second-order valence-corrected chi connectivity index (χ2v) is 10.3. The first-order valence-electron chi connectivity index (χ1n) is 13.3. The number of aromatic nitrogens is 4. The van der Waals surface area contributed by atoms with E-state index in [0.29, 0.717) is 11.5 Å². The first kappa shape index (κ1) is 26.7. The number of pyridine rings is 1. The van der Waals surface area contributed by atoms with Crippen LogP contribution in [0.15, 0.2) is 122 Å². The largest absolute Gasteiger partial charge is 2.00 e. The first-order valence-corrected chi connectivity index (χ1v) is 13.3. The summed E-state index contributed by atoms with van der Waals surface area (Å²) in [6.45, 7) is 4.50. The maximum atomic E-state index is 6.26. The van der Waals surface area contributed by atoms with Crippen LogP contribution in [0.1, 0.15) is 25.0 Å². The Bertz CT molecular complexity index is 1960. The molecule has 0 atom stereocenters. The van der Waals surface area contributed by atoms with Crippen LogP contribution in [-0.2, 0) is 26.5 Å². The smallest absolute Gasteiger partial charge is 0.509 e. The summed E-state index contributed by atoms with van der Waals surface area (Å²) in [6.07, 6.45) is 5.52. The molecule has 0 spiro atoms. The van der Waals surface area contributed by atoms with Crippen LogP contribution in [0.25, 0.3) is 33.3 Å². The van der Waals surface area contributed by atoms with Crippen LogP contribution >= 0.6 is 0 Å². The van der Waals surface area contributed by atoms with E-state index in [1.54, 1.807) is 10.9 Å². The summed E-state index contributed by atoms with van der Waals surface area (Å²) in [5, 5.41) is 6.53. The van der Waals surface area contributed by atoms with Crippen LogP contribution in [-0.4, -0.2) is 19.3 Å². The number of para-hydroxylation sites is 1. The summed E-state index contributed by atoms with van der Waals surface area (Å²) in [6, 6.07) is 41.8. The van der Waals surface area contributed by atoms with E-state index in [0.717, 1.165) is 33.3 Å². The van der Waals surface area contributed by atoms with Gasteiger partial charge in [-0.15, -0.1) is 35.7 Å². The summed E-state index contributed by atoms with van der Waals surface area (Å²) in [5.41, 5.74) is 5.03. The monoisotopic (exact) mass is 713 g/mol. The fourth-order valence-electron chi connectivity index (χ4n) is 5.28. The number of fused-ring (bicyclic) bond motifs is 3. The Balaban J connectivity index is 0.00000302. The van der Waals surface area contributed by atoms with Gasteiger partial charge in [0.2, 0.25) is 0 Å². The van der Waals surface area contributed by atoms with Crippen molar-refractivity contribution in [1.82, 2.24) is 19.3 Å². The number of nitrogens with zero attached hydrogens (tertiary/aromatic N) is 4. The molecule has 0 N–H and O–H groups in total. The van der Waals surface area contributed by atoms with Crippen molar-refractivity contribution in [2.45, 2.75) is 19.3 Å². The third kappa shape index (κ3) is 4.87. The van der Waals surface area contributed by atoms with Gasteiger partial charge in [-0.1, -0.05) is 67.9 Å². The average Bonchev–Trinajstić information content (AvgIpc) is 3.65. The molecule has 41 heavy (non-hydrogen) atoms. The Labute approximate surface area is 253 Å². The summed E-state index contributed by atoms with van der Waals surface area (Å²) >= 11 is 0. The summed E-state index contributed by atoms with van der Waals surface area (Å²) in [4.78, 5) is 4.83. The topological polar surface area (TPSA) is 44.9 Å². The molecule has 6 heteroatoms. The number of ether oxygens (including phenoxy) is 1. The molecule has 3 aromatic heterocycles. The summed E-state index contributed by atoms with van der Waals surface area (Å²) in [5.74, 6) is 2.04. The van der Waals surface area contributed by atoms with Crippen LogP contribution in [0.5, 0.6) is 11.5 Å². The molecular weight excluding hydrogens is 687 g/mol. The molecule has 0 unspecified atom stereocenters. The maximum Gasteiger partial charge on any atom is 2.00 e. The minimum absolute atomic E-state index is 0. The van der Waals surface area contributed by atoms with Gasteiger partial charge in [-0.05, 0) is 46.5 Å². The van der Waals surface area contributed by atoms with E-state index in [1.807, 2.05) is 42.7 Å². The Morgan fingerprint density at radius 2 is 1.51 bits per heavy atom. The molecule has 0 saturated carbocycles. The predicted molar refractivity (Wildman–Crippen MR) is 158 cm³/mol. The van der Waals surface area contributed by atoms with Crippen LogP contribution in [0.2, 0.25) is 0 Å². The van der Waals surface area contributed by atoms with E-state index < -0.39 is 0 Å². The molecule has 202 valence electrons. The van der Waals surface area contributed by atoms with Crippen molar-refractivity contribution >= 4 is 21.8 Å². The molecule has 4 aromatic carbocycles. The molecule has 0 aliphatic heterocycles. The SMILES string of the molecule is CC(C)(c1ccccc1)c1ccnc(-n2c3[c-]c(Oc4[c-]c(-n5cccn5)ccc4)ccc3c3ccccc32)c1.[Pt+2]. The Hall–Kier alpha value is -4.47. The minimum Gasteiger partial charge on any atom is -0.509 e. The van der Waals surface area contributed by atoms with Gasteiger partial charge in [-0.2, -0.15) is 17.2 Å². The zero-order chi connectivity index (χ0) is 27.1. The molecule has 0 amide bonds. The van der Waals surface area contributed by atoms with Gasteiger partial charge < -0.3 is 9.30 Å². The zero-order valence-electron chi connectivity index (χ0n) is 22.6. The van der Waals surface area contributed by atoms with E-state index in [9.17, 15) is 0 Å². The normalized spacial score (nSPS) is 11.5. The molecule has 0 radical (unpaired) electrons. The zero-order valence-corrected chi connectivity index (χ0v) is 24.8. The van der Waals surface area contributed by atoms with Gasteiger partial charge in [-0.3, -0.25) is 4.68 Å². The van der Waals surface area contributed by atoms with Crippen LogP contribution < -0.4 is 4.74 Å². The van der Waals surface area contributed by atoms with Crippen molar-refractivity contribution in [2.24, 2.45) is 0 Å². The van der Waals surface area contributed by atoms with Crippen molar-refractivity contribution in [2.75, 3.05) is 0 Å². The van der Waals surface area contributed by atoms with Gasteiger partial charge in [0.25, 0.3) is 0 Å². The molecule has 7 rings (SSSR count). The summed E-state index contributed by atoms with van der Waals surface area (Å²) < 4.78 is 10.2. The number of benzene rings is 4. The van der Waals surface area contributed by atoms with Crippen molar-refractivity contribution in [3.8, 4) is 23.0 Å². The third-order valence-corrected chi connectivity index (χ3v) is 7.47. The number of rotatable bonds is 6. The number of hydrogen-bond acceptors (Lipinski definition) is 3. The standard InChI is InChI=1S/C35H26N4O.Pt/c1-35(2,25-10-4-3-5-11-25)26-18-20-36-34(22-26)39-32-15-7-6-14-30(32)31-17-16-29(24-33(31)39)40-28-13-8-12-27(23-28)38-21-9-19-37-38;/h3-22H,1-2H3;/q-2;+2. The van der Waals surface area contributed by atoms with Gasteiger partial charge in [0, 0.05) is 41.0 Å². The van der Waals surface area contributed by atoms with Gasteiger partial charge in [0.15, 0.2) is 0 Å². The van der Waals surface area contributed by atoms with Gasteiger partial charge in [-0.25, -0.2) is 4.98 Å². The second kappa shape index (κ2) is 10.8. The molecule has 7 aromatic rings. The van der Waals surface area contributed by atoms with Crippen molar-refractivity contribution in [1.29, 1.82) is 0 Å². The van der Waals surface area contributed by atoms with E-state index >= 15 is 0 Å². The van der Waals surface area contributed by atoms with E-state index in [4.69, 9.17) is 9.72 Å². The first-order chi connectivity index (χ1) is 19.6. The molecule has 0 aliphatic carbocycles. The predicted octanol–water partition coefficient (Wildman–Crippen LogP) is 8.08. The number of hydrogen-bond donors (Lipinski definition) is 0.